The third-order valence-electron chi connectivity index (χ3n) is 3.90. The van der Waals surface area contributed by atoms with Crippen molar-refractivity contribution in [1.29, 1.82) is 5.26 Å². The molecule has 1 amide bonds. The van der Waals surface area contributed by atoms with Gasteiger partial charge in [0.2, 0.25) is 5.91 Å². The van der Waals surface area contributed by atoms with Gasteiger partial charge in [-0.3, -0.25) is 4.79 Å². The van der Waals surface area contributed by atoms with Crippen LogP contribution >= 0.6 is 23.1 Å². The van der Waals surface area contributed by atoms with Crippen LogP contribution in [0.3, 0.4) is 0 Å². The Hall–Kier alpha value is -2.37. The van der Waals surface area contributed by atoms with Crippen LogP contribution in [-0.2, 0) is 16.1 Å². The number of aromatic nitrogens is 1. The van der Waals surface area contributed by atoms with Crippen molar-refractivity contribution in [2.75, 3.05) is 19.4 Å². The minimum absolute atomic E-state index is 0.0504. The van der Waals surface area contributed by atoms with Crippen molar-refractivity contribution in [3.05, 3.63) is 44.8 Å². The van der Waals surface area contributed by atoms with Gasteiger partial charge >= 0.3 is 5.97 Å². The Kier molecular flexibility index (Phi) is 7.39. The Morgan fingerprint density at radius 3 is 2.74 bits per heavy atom. The SMILES string of the molecule is CCOC(=O)c1cc(C#N)c(SCC(=O)N(C)Cc2sccc2C)nc1C. The number of rotatable bonds is 7. The molecule has 0 unspecified atom stereocenters. The summed E-state index contributed by atoms with van der Waals surface area (Å²) < 4.78 is 4.98. The van der Waals surface area contributed by atoms with Crippen molar-refractivity contribution in [2.45, 2.75) is 32.3 Å². The van der Waals surface area contributed by atoms with Gasteiger partial charge in [0.05, 0.1) is 35.7 Å². The van der Waals surface area contributed by atoms with E-state index in [2.05, 4.69) is 4.98 Å². The number of nitriles is 1. The Morgan fingerprint density at radius 2 is 2.15 bits per heavy atom. The normalized spacial score (nSPS) is 10.3. The monoisotopic (exact) mass is 403 g/mol. The summed E-state index contributed by atoms with van der Waals surface area (Å²) >= 11 is 2.83. The molecule has 0 aliphatic heterocycles. The number of amides is 1. The van der Waals surface area contributed by atoms with Crippen LogP contribution in [0.25, 0.3) is 0 Å². The molecule has 0 atom stereocenters. The van der Waals surface area contributed by atoms with Gasteiger partial charge in [0.1, 0.15) is 11.1 Å². The molecule has 0 aliphatic rings. The molecule has 8 heteroatoms. The van der Waals surface area contributed by atoms with Crippen LogP contribution in [0.15, 0.2) is 22.5 Å². The van der Waals surface area contributed by atoms with Crippen molar-refractivity contribution >= 4 is 35.0 Å². The largest absolute Gasteiger partial charge is 0.462 e. The summed E-state index contributed by atoms with van der Waals surface area (Å²) in [5.41, 5.74) is 2.18. The summed E-state index contributed by atoms with van der Waals surface area (Å²) in [6.45, 7) is 6.24. The third kappa shape index (κ3) is 5.31. The predicted octanol–water partition coefficient (Wildman–Crippen LogP) is 3.56. The highest BCUT2D eigenvalue weighted by Gasteiger charge is 2.18. The molecular weight excluding hydrogens is 382 g/mol. The molecule has 0 radical (unpaired) electrons. The molecule has 27 heavy (non-hydrogen) atoms. The number of carbonyl (C=O) groups is 2. The number of aryl methyl sites for hydroxylation is 2. The van der Waals surface area contributed by atoms with Gasteiger partial charge in [-0.05, 0) is 43.8 Å². The molecule has 0 spiro atoms. The molecule has 0 fully saturated rings. The van der Waals surface area contributed by atoms with Crippen molar-refractivity contribution in [2.24, 2.45) is 0 Å². The average molecular weight is 404 g/mol. The molecule has 0 aliphatic carbocycles. The number of thioether (sulfide) groups is 1. The Morgan fingerprint density at radius 1 is 1.41 bits per heavy atom. The van der Waals surface area contributed by atoms with E-state index in [0.29, 0.717) is 17.3 Å². The zero-order chi connectivity index (χ0) is 20.0. The van der Waals surface area contributed by atoms with Crippen molar-refractivity contribution in [3.8, 4) is 6.07 Å². The fourth-order valence-electron chi connectivity index (χ4n) is 2.30. The zero-order valence-corrected chi connectivity index (χ0v) is 17.4. The van der Waals surface area contributed by atoms with E-state index in [1.54, 1.807) is 37.1 Å². The van der Waals surface area contributed by atoms with Crippen molar-refractivity contribution in [3.63, 3.8) is 0 Å². The molecule has 142 valence electrons. The van der Waals surface area contributed by atoms with E-state index in [9.17, 15) is 14.9 Å². The molecule has 0 saturated carbocycles. The lowest BCUT2D eigenvalue weighted by Gasteiger charge is -2.17. The van der Waals surface area contributed by atoms with Crippen molar-refractivity contribution < 1.29 is 14.3 Å². The summed E-state index contributed by atoms with van der Waals surface area (Å²) in [7, 11) is 1.76. The standard InChI is InChI=1S/C19H21N3O3S2/c1-5-25-19(24)15-8-14(9-20)18(21-13(15)3)27-11-17(23)22(4)10-16-12(2)6-7-26-16/h6-8H,5,10-11H2,1-4H3. The molecule has 0 bridgehead atoms. The van der Waals surface area contributed by atoms with Crippen LogP contribution in [0.4, 0.5) is 0 Å². The summed E-state index contributed by atoms with van der Waals surface area (Å²) in [6.07, 6.45) is 0. The summed E-state index contributed by atoms with van der Waals surface area (Å²) in [5, 5.41) is 11.8. The van der Waals surface area contributed by atoms with Crippen LogP contribution in [0, 0.1) is 25.2 Å². The van der Waals surface area contributed by atoms with E-state index >= 15 is 0 Å². The van der Waals surface area contributed by atoms with E-state index in [0.717, 1.165) is 4.88 Å². The predicted molar refractivity (Wildman–Crippen MR) is 106 cm³/mol. The molecule has 2 heterocycles. The highest BCUT2D eigenvalue weighted by atomic mass is 32.2. The highest BCUT2D eigenvalue weighted by Crippen LogP contribution is 2.24. The molecule has 0 saturated heterocycles. The Bertz CT molecular complexity index is 887. The topological polar surface area (TPSA) is 83.3 Å². The minimum Gasteiger partial charge on any atom is -0.462 e. The van der Waals surface area contributed by atoms with Gasteiger partial charge in [0.15, 0.2) is 0 Å². The number of pyridine rings is 1. The van der Waals surface area contributed by atoms with Gasteiger partial charge in [0.25, 0.3) is 0 Å². The van der Waals surface area contributed by atoms with E-state index in [4.69, 9.17) is 4.74 Å². The first-order valence-electron chi connectivity index (χ1n) is 8.36. The Labute approximate surface area is 167 Å². The molecule has 2 aromatic rings. The van der Waals surface area contributed by atoms with Gasteiger partial charge in [-0.1, -0.05) is 11.8 Å². The van der Waals surface area contributed by atoms with Crippen LogP contribution in [-0.4, -0.2) is 41.2 Å². The second-order valence-corrected chi connectivity index (χ2v) is 7.84. The molecule has 2 aromatic heterocycles. The van der Waals surface area contributed by atoms with Gasteiger partial charge in [-0.15, -0.1) is 11.3 Å². The number of carbonyl (C=O) groups excluding carboxylic acids is 2. The van der Waals surface area contributed by atoms with Crippen LogP contribution in [0.1, 0.15) is 39.0 Å². The quantitative estimate of drug-likeness (QED) is 0.519. The first-order valence-corrected chi connectivity index (χ1v) is 10.2. The average Bonchev–Trinajstić information content (AvgIpc) is 3.04. The van der Waals surface area contributed by atoms with E-state index in [-0.39, 0.29) is 29.4 Å². The van der Waals surface area contributed by atoms with Gasteiger partial charge in [0, 0.05) is 11.9 Å². The van der Waals surface area contributed by atoms with Crippen LogP contribution in [0.5, 0.6) is 0 Å². The van der Waals surface area contributed by atoms with Gasteiger partial charge in [-0.25, -0.2) is 9.78 Å². The maximum atomic E-state index is 12.4. The smallest absolute Gasteiger partial charge is 0.340 e. The third-order valence-corrected chi connectivity index (χ3v) is 5.88. The number of hydrogen-bond donors (Lipinski definition) is 0. The minimum atomic E-state index is -0.502. The number of ether oxygens (including phenoxy) is 1. The van der Waals surface area contributed by atoms with E-state index < -0.39 is 5.97 Å². The number of nitrogens with zero attached hydrogens (tertiary/aromatic N) is 3. The summed E-state index contributed by atoms with van der Waals surface area (Å²) in [6, 6.07) is 5.55. The summed E-state index contributed by atoms with van der Waals surface area (Å²) in [4.78, 5) is 31.5. The number of hydrogen-bond acceptors (Lipinski definition) is 7. The second kappa shape index (κ2) is 9.53. The fourth-order valence-corrected chi connectivity index (χ4v) is 4.20. The maximum Gasteiger partial charge on any atom is 0.340 e. The van der Waals surface area contributed by atoms with E-state index in [1.165, 1.54) is 23.4 Å². The molecule has 0 aromatic carbocycles. The first-order chi connectivity index (χ1) is 12.9. The molecule has 6 nitrogen and oxygen atoms in total. The van der Waals surface area contributed by atoms with E-state index in [1.807, 2.05) is 24.4 Å². The van der Waals surface area contributed by atoms with Gasteiger partial charge < -0.3 is 9.64 Å². The Balaban J connectivity index is 2.07. The maximum absolute atomic E-state index is 12.4. The second-order valence-electron chi connectivity index (χ2n) is 5.87. The lowest BCUT2D eigenvalue weighted by molar-refractivity contribution is -0.127. The van der Waals surface area contributed by atoms with Gasteiger partial charge in [-0.2, -0.15) is 5.26 Å². The van der Waals surface area contributed by atoms with Crippen molar-refractivity contribution in [1.82, 2.24) is 9.88 Å². The summed E-state index contributed by atoms with van der Waals surface area (Å²) in [5.74, 6) is -0.385. The molecule has 0 N–H and O–H groups in total. The molecule has 2 rings (SSSR count). The fraction of sp³-hybridized carbons (Fsp3) is 0.368. The number of esters is 1. The first kappa shape index (κ1) is 20.9. The zero-order valence-electron chi connectivity index (χ0n) is 15.7. The molecular formula is C19H21N3O3S2. The van der Waals surface area contributed by atoms with Crippen LogP contribution < -0.4 is 0 Å². The number of thiophene rings is 1. The lowest BCUT2D eigenvalue weighted by atomic mass is 10.1. The highest BCUT2D eigenvalue weighted by molar-refractivity contribution is 8.00. The lowest BCUT2D eigenvalue weighted by Crippen LogP contribution is -2.27. The van der Waals surface area contributed by atoms with Crippen LogP contribution in [0.2, 0.25) is 0 Å².